The van der Waals surface area contributed by atoms with Crippen LogP contribution in [-0.4, -0.2) is 4.57 Å². The predicted molar refractivity (Wildman–Crippen MR) is 143 cm³/mol. The number of hydrogen-bond donors (Lipinski definition) is 0. The molecule has 2 aromatic heterocycles. The highest BCUT2D eigenvalue weighted by Crippen LogP contribution is 2.46. The smallest absolute Gasteiger partial charge is 0.144 e. The molecule has 0 aliphatic carbocycles. The van der Waals surface area contributed by atoms with Gasteiger partial charge in [0.15, 0.2) is 0 Å². The van der Waals surface area contributed by atoms with Crippen LogP contribution in [0, 0.1) is 0 Å². The summed E-state index contributed by atoms with van der Waals surface area (Å²) >= 11 is 0. The zero-order valence-corrected chi connectivity index (χ0v) is 18.3. The van der Waals surface area contributed by atoms with Gasteiger partial charge in [-0.05, 0) is 23.6 Å². The SMILES string of the molecule is c1ccc2c(-n3c4ccccc4c4c5c6ccccc6oc5c5ccccc5c43)cccc2c1. The lowest BCUT2D eigenvalue weighted by Crippen LogP contribution is -1.96. The number of hydrogen-bond acceptors (Lipinski definition) is 1. The molecule has 34 heavy (non-hydrogen) atoms. The van der Waals surface area contributed by atoms with Gasteiger partial charge in [0.2, 0.25) is 0 Å². The van der Waals surface area contributed by atoms with Crippen molar-refractivity contribution in [1.29, 1.82) is 0 Å². The van der Waals surface area contributed by atoms with E-state index in [1.165, 1.54) is 49.0 Å². The zero-order valence-electron chi connectivity index (χ0n) is 18.3. The second-order valence-corrected chi connectivity index (χ2v) is 8.92. The lowest BCUT2D eigenvalue weighted by atomic mass is 9.99. The summed E-state index contributed by atoms with van der Waals surface area (Å²) in [4.78, 5) is 0. The van der Waals surface area contributed by atoms with E-state index in [0.29, 0.717) is 0 Å². The Kier molecular flexibility index (Phi) is 3.42. The number of nitrogens with zero attached hydrogens (tertiary/aromatic N) is 1. The number of para-hydroxylation sites is 2. The molecule has 0 fully saturated rings. The van der Waals surface area contributed by atoms with E-state index >= 15 is 0 Å². The summed E-state index contributed by atoms with van der Waals surface area (Å²) in [5.74, 6) is 0. The molecule has 0 bridgehead atoms. The molecule has 8 rings (SSSR count). The van der Waals surface area contributed by atoms with Crippen LogP contribution in [0.1, 0.15) is 0 Å². The van der Waals surface area contributed by atoms with E-state index < -0.39 is 0 Å². The molecule has 0 spiro atoms. The normalized spacial score (nSPS) is 12.1. The van der Waals surface area contributed by atoms with Crippen molar-refractivity contribution in [3.63, 3.8) is 0 Å². The summed E-state index contributed by atoms with van der Waals surface area (Å²) in [5.41, 5.74) is 5.52. The number of benzene rings is 6. The molecule has 0 saturated heterocycles. The summed E-state index contributed by atoms with van der Waals surface area (Å²) in [6, 6.07) is 41.0. The van der Waals surface area contributed by atoms with Crippen molar-refractivity contribution in [2.45, 2.75) is 0 Å². The van der Waals surface area contributed by atoms with Crippen molar-refractivity contribution >= 4 is 65.3 Å². The van der Waals surface area contributed by atoms with Crippen LogP contribution in [0.2, 0.25) is 0 Å². The summed E-state index contributed by atoms with van der Waals surface area (Å²) in [5, 5.41) is 9.68. The number of fused-ring (bicyclic) bond motifs is 11. The second-order valence-electron chi connectivity index (χ2n) is 8.92. The van der Waals surface area contributed by atoms with Gasteiger partial charge >= 0.3 is 0 Å². The largest absolute Gasteiger partial charge is 0.455 e. The van der Waals surface area contributed by atoms with Crippen molar-refractivity contribution < 1.29 is 4.42 Å². The molecular formula is C32H19NO. The maximum atomic E-state index is 6.50. The van der Waals surface area contributed by atoms with Crippen LogP contribution in [0.15, 0.2) is 120 Å². The molecule has 0 aliphatic rings. The Labute approximate surface area is 195 Å². The van der Waals surface area contributed by atoms with Crippen LogP contribution >= 0.6 is 0 Å². The Morgan fingerprint density at radius 3 is 2.00 bits per heavy atom. The molecule has 0 amide bonds. The molecule has 0 aliphatic heterocycles. The van der Waals surface area contributed by atoms with Gasteiger partial charge in [0.05, 0.1) is 16.7 Å². The Morgan fingerprint density at radius 1 is 0.471 bits per heavy atom. The van der Waals surface area contributed by atoms with Crippen molar-refractivity contribution in [2.75, 3.05) is 0 Å². The minimum Gasteiger partial charge on any atom is -0.455 e. The summed E-state index contributed by atoms with van der Waals surface area (Å²) in [7, 11) is 0. The quantitative estimate of drug-likeness (QED) is 0.253. The summed E-state index contributed by atoms with van der Waals surface area (Å²) in [6.07, 6.45) is 0. The van der Waals surface area contributed by atoms with Crippen molar-refractivity contribution in [2.24, 2.45) is 0 Å². The molecule has 6 aromatic carbocycles. The molecule has 0 saturated carbocycles. The third-order valence-electron chi connectivity index (χ3n) is 7.15. The Morgan fingerprint density at radius 2 is 1.12 bits per heavy atom. The number of aromatic nitrogens is 1. The van der Waals surface area contributed by atoms with E-state index in [1.807, 2.05) is 6.07 Å². The molecule has 8 aromatic rings. The predicted octanol–water partition coefficient (Wildman–Crippen LogP) is 8.99. The van der Waals surface area contributed by atoms with Gasteiger partial charge in [0, 0.05) is 37.7 Å². The highest BCUT2D eigenvalue weighted by molar-refractivity contribution is 6.36. The van der Waals surface area contributed by atoms with Crippen LogP contribution < -0.4 is 0 Å². The zero-order chi connectivity index (χ0) is 22.2. The molecule has 2 heterocycles. The molecule has 158 valence electrons. The molecule has 0 radical (unpaired) electrons. The fourth-order valence-electron chi connectivity index (χ4n) is 5.77. The highest BCUT2D eigenvalue weighted by atomic mass is 16.3. The molecule has 0 N–H and O–H groups in total. The van der Waals surface area contributed by atoms with Gasteiger partial charge in [-0.2, -0.15) is 0 Å². The van der Waals surface area contributed by atoms with Crippen molar-refractivity contribution in [3.05, 3.63) is 115 Å². The first-order valence-electron chi connectivity index (χ1n) is 11.6. The van der Waals surface area contributed by atoms with E-state index in [2.05, 4.69) is 114 Å². The van der Waals surface area contributed by atoms with Crippen LogP contribution in [0.5, 0.6) is 0 Å². The molecule has 0 unspecified atom stereocenters. The Hall–Kier alpha value is -4.56. The van der Waals surface area contributed by atoms with Gasteiger partial charge in [-0.25, -0.2) is 0 Å². The Balaban J connectivity index is 1.75. The minimum absolute atomic E-state index is 0.928. The highest BCUT2D eigenvalue weighted by Gasteiger charge is 2.22. The van der Waals surface area contributed by atoms with Crippen LogP contribution in [0.4, 0.5) is 0 Å². The lowest BCUT2D eigenvalue weighted by molar-refractivity contribution is 0.673. The van der Waals surface area contributed by atoms with E-state index in [9.17, 15) is 0 Å². The van der Waals surface area contributed by atoms with Gasteiger partial charge < -0.3 is 8.98 Å². The fourth-order valence-corrected chi connectivity index (χ4v) is 5.77. The molecular weight excluding hydrogens is 414 g/mol. The first-order valence-corrected chi connectivity index (χ1v) is 11.6. The van der Waals surface area contributed by atoms with Gasteiger partial charge in [0.25, 0.3) is 0 Å². The molecule has 0 atom stereocenters. The average Bonchev–Trinajstić information content (AvgIpc) is 3.45. The monoisotopic (exact) mass is 433 g/mol. The van der Waals surface area contributed by atoms with Crippen LogP contribution in [0.25, 0.3) is 71.0 Å². The lowest BCUT2D eigenvalue weighted by Gasteiger charge is -2.13. The van der Waals surface area contributed by atoms with Crippen LogP contribution in [0.3, 0.4) is 0 Å². The van der Waals surface area contributed by atoms with Gasteiger partial charge in [-0.15, -0.1) is 0 Å². The van der Waals surface area contributed by atoms with Gasteiger partial charge in [-0.1, -0.05) is 97.1 Å². The third kappa shape index (κ3) is 2.20. The van der Waals surface area contributed by atoms with Crippen molar-refractivity contribution in [3.8, 4) is 5.69 Å². The number of rotatable bonds is 1. The van der Waals surface area contributed by atoms with Gasteiger partial charge in [-0.3, -0.25) is 0 Å². The third-order valence-corrected chi connectivity index (χ3v) is 7.15. The molecule has 2 nitrogen and oxygen atoms in total. The van der Waals surface area contributed by atoms with Crippen LogP contribution in [-0.2, 0) is 0 Å². The van der Waals surface area contributed by atoms with Crippen molar-refractivity contribution in [1.82, 2.24) is 4.57 Å². The van der Waals surface area contributed by atoms with E-state index in [0.717, 1.165) is 21.9 Å². The summed E-state index contributed by atoms with van der Waals surface area (Å²) < 4.78 is 8.95. The van der Waals surface area contributed by atoms with E-state index in [-0.39, 0.29) is 0 Å². The average molecular weight is 434 g/mol. The minimum atomic E-state index is 0.928. The summed E-state index contributed by atoms with van der Waals surface area (Å²) in [6.45, 7) is 0. The van der Waals surface area contributed by atoms with E-state index in [1.54, 1.807) is 0 Å². The number of furan rings is 1. The first-order chi connectivity index (χ1) is 16.9. The second kappa shape index (κ2) is 6.49. The Bertz CT molecular complexity index is 2070. The standard InChI is InChI=1S/C32H19NO/c1-2-12-21-20(10-1)11-9-18-26(21)33-27-17-7-5-15-24(27)29-30-25-16-6-8-19-28(25)34-32(30)23-14-4-3-13-22(23)31(29)33/h1-19H. The van der Waals surface area contributed by atoms with E-state index in [4.69, 9.17) is 4.42 Å². The fraction of sp³-hybridized carbons (Fsp3) is 0. The molecule has 2 heteroatoms. The topological polar surface area (TPSA) is 18.1 Å². The maximum Gasteiger partial charge on any atom is 0.144 e. The first kappa shape index (κ1) is 17.9. The maximum absolute atomic E-state index is 6.50. The van der Waals surface area contributed by atoms with Gasteiger partial charge in [0.1, 0.15) is 11.2 Å².